The van der Waals surface area contributed by atoms with Crippen LogP contribution in [-0.2, 0) is 0 Å². The van der Waals surface area contributed by atoms with Gasteiger partial charge in [-0.1, -0.05) is 32.1 Å². The molecule has 1 aromatic carbocycles. The Morgan fingerprint density at radius 3 is 2.34 bits per heavy atom. The molecule has 1 saturated carbocycles. The van der Waals surface area contributed by atoms with Crippen LogP contribution in [0.4, 0.5) is 5.69 Å². The number of piperazine rings is 1. The molecule has 0 aromatic heterocycles. The van der Waals surface area contributed by atoms with E-state index in [1.165, 1.54) is 32.1 Å². The van der Waals surface area contributed by atoms with Gasteiger partial charge in [-0.3, -0.25) is 9.69 Å². The lowest BCUT2D eigenvalue weighted by molar-refractivity contribution is 0.0523. The monoisotopic (exact) mass is 399 g/mol. The molecular formula is C24H37N3O2. The van der Waals surface area contributed by atoms with Crippen LogP contribution in [0.15, 0.2) is 18.2 Å². The molecule has 5 heteroatoms. The largest absolute Gasteiger partial charge is 0.388 e. The molecule has 29 heavy (non-hydrogen) atoms. The molecule has 1 atom stereocenters. The maximum absolute atomic E-state index is 13.2. The number of benzene rings is 1. The van der Waals surface area contributed by atoms with Crippen LogP contribution in [0.5, 0.6) is 0 Å². The fourth-order valence-corrected chi connectivity index (χ4v) is 5.36. The Balaban J connectivity index is 1.44. The number of hydrogen-bond donors (Lipinski definition) is 1. The van der Waals surface area contributed by atoms with Crippen LogP contribution in [0.3, 0.4) is 0 Å². The van der Waals surface area contributed by atoms with Crippen molar-refractivity contribution in [1.29, 1.82) is 0 Å². The minimum atomic E-state index is -0.485. The molecule has 4 rings (SSSR count). The fraction of sp³-hybridized carbons (Fsp3) is 0.708. The molecule has 2 heterocycles. The first-order valence-corrected chi connectivity index (χ1v) is 11.7. The van der Waals surface area contributed by atoms with Crippen LogP contribution in [-0.4, -0.2) is 66.6 Å². The molecule has 1 saturated heterocycles. The summed E-state index contributed by atoms with van der Waals surface area (Å²) in [6, 6.07) is 6.68. The second-order valence-electron chi connectivity index (χ2n) is 9.18. The van der Waals surface area contributed by atoms with Crippen molar-refractivity contribution in [1.82, 2.24) is 9.80 Å². The zero-order valence-electron chi connectivity index (χ0n) is 18.0. The zero-order chi connectivity index (χ0) is 20.2. The van der Waals surface area contributed by atoms with Crippen LogP contribution in [0.25, 0.3) is 0 Å². The summed E-state index contributed by atoms with van der Waals surface area (Å²) in [5, 5.41) is 10.7. The van der Waals surface area contributed by atoms with E-state index in [1.807, 2.05) is 23.1 Å². The van der Waals surface area contributed by atoms with Gasteiger partial charge in [0, 0.05) is 62.6 Å². The van der Waals surface area contributed by atoms with Gasteiger partial charge in [-0.25, -0.2) is 0 Å². The molecule has 0 radical (unpaired) electrons. The first-order valence-electron chi connectivity index (χ1n) is 11.7. The lowest BCUT2D eigenvalue weighted by Crippen LogP contribution is -2.52. The van der Waals surface area contributed by atoms with E-state index in [9.17, 15) is 9.90 Å². The van der Waals surface area contributed by atoms with Gasteiger partial charge in [0.1, 0.15) is 0 Å². The van der Waals surface area contributed by atoms with Crippen molar-refractivity contribution in [3.63, 3.8) is 0 Å². The van der Waals surface area contributed by atoms with Gasteiger partial charge in [0.05, 0.1) is 6.10 Å². The van der Waals surface area contributed by atoms with Gasteiger partial charge < -0.3 is 14.9 Å². The summed E-state index contributed by atoms with van der Waals surface area (Å²) in [6.45, 7) is 4.61. The zero-order valence-corrected chi connectivity index (χ0v) is 18.0. The number of fused-ring (bicyclic) bond motifs is 1. The van der Waals surface area contributed by atoms with Crippen LogP contribution >= 0.6 is 0 Å². The number of nitrogens with zero attached hydrogens (tertiary/aromatic N) is 3. The molecule has 1 amide bonds. The molecule has 3 aliphatic rings. The van der Waals surface area contributed by atoms with Crippen molar-refractivity contribution in [3.05, 3.63) is 29.3 Å². The SMILES string of the molecule is CN1CCCCCC(O)c2cc(C(=O)N3CCN(C4CCCCC4)CC3)ccc21. The maximum atomic E-state index is 13.2. The van der Waals surface area contributed by atoms with Gasteiger partial charge >= 0.3 is 0 Å². The molecule has 2 fully saturated rings. The van der Waals surface area contributed by atoms with Gasteiger partial charge in [-0.05, 0) is 43.9 Å². The van der Waals surface area contributed by atoms with Gasteiger partial charge in [0.2, 0.25) is 0 Å². The highest BCUT2D eigenvalue weighted by molar-refractivity contribution is 5.95. The molecule has 0 bridgehead atoms. The van der Waals surface area contributed by atoms with Crippen LogP contribution < -0.4 is 4.90 Å². The van der Waals surface area contributed by atoms with Crippen molar-refractivity contribution in [2.75, 3.05) is 44.7 Å². The minimum absolute atomic E-state index is 0.116. The highest BCUT2D eigenvalue weighted by Gasteiger charge is 2.28. The third kappa shape index (κ3) is 4.77. The number of carbonyl (C=O) groups excluding carboxylic acids is 1. The summed E-state index contributed by atoms with van der Waals surface area (Å²) in [4.78, 5) is 20.0. The minimum Gasteiger partial charge on any atom is -0.388 e. The van der Waals surface area contributed by atoms with Crippen molar-refractivity contribution >= 4 is 11.6 Å². The molecule has 1 unspecified atom stereocenters. The van der Waals surface area contributed by atoms with E-state index >= 15 is 0 Å². The summed E-state index contributed by atoms with van der Waals surface area (Å²) in [6.07, 6.45) is 10.4. The Kier molecular flexibility index (Phi) is 6.76. The van der Waals surface area contributed by atoms with E-state index in [0.29, 0.717) is 0 Å². The van der Waals surface area contributed by atoms with Crippen molar-refractivity contribution in [2.45, 2.75) is 69.9 Å². The van der Waals surface area contributed by atoms with Crippen molar-refractivity contribution in [2.24, 2.45) is 0 Å². The first-order chi connectivity index (χ1) is 14.1. The van der Waals surface area contributed by atoms with E-state index in [4.69, 9.17) is 0 Å². The Hall–Kier alpha value is -1.59. The molecular weight excluding hydrogens is 362 g/mol. The van der Waals surface area contributed by atoms with Crippen molar-refractivity contribution < 1.29 is 9.90 Å². The summed E-state index contributed by atoms with van der Waals surface area (Å²) in [5.74, 6) is 0.116. The predicted octanol–water partition coefficient (Wildman–Crippen LogP) is 3.82. The quantitative estimate of drug-likeness (QED) is 0.821. The molecule has 0 spiro atoms. The van der Waals surface area contributed by atoms with Gasteiger partial charge in [0.15, 0.2) is 0 Å². The van der Waals surface area contributed by atoms with E-state index in [2.05, 4.69) is 16.8 Å². The Labute approximate surface area is 175 Å². The average molecular weight is 400 g/mol. The highest BCUT2D eigenvalue weighted by Crippen LogP contribution is 2.32. The lowest BCUT2D eigenvalue weighted by atomic mass is 9.93. The Bertz CT molecular complexity index is 693. The van der Waals surface area contributed by atoms with E-state index in [0.717, 1.165) is 81.3 Å². The van der Waals surface area contributed by atoms with E-state index in [-0.39, 0.29) is 5.91 Å². The second-order valence-corrected chi connectivity index (χ2v) is 9.18. The first kappa shape index (κ1) is 20.7. The normalized spacial score (nSPS) is 25.1. The molecule has 1 aromatic rings. The maximum Gasteiger partial charge on any atom is 0.253 e. The van der Waals surface area contributed by atoms with Crippen LogP contribution in [0.2, 0.25) is 0 Å². The number of anilines is 1. The molecule has 1 aliphatic carbocycles. The molecule has 160 valence electrons. The Morgan fingerprint density at radius 2 is 1.59 bits per heavy atom. The van der Waals surface area contributed by atoms with E-state index < -0.39 is 6.10 Å². The van der Waals surface area contributed by atoms with Gasteiger partial charge in [-0.2, -0.15) is 0 Å². The standard InChI is InChI=1S/C24H37N3O2/c1-25-13-7-3-6-10-23(28)21-18-19(11-12-22(21)25)24(29)27-16-14-26(15-17-27)20-8-4-2-5-9-20/h11-12,18,20,23,28H,2-10,13-17H2,1H3. The number of rotatable bonds is 2. The Morgan fingerprint density at radius 1 is 0.897 bits per heavy atom. The molecule has 1 N–H and O–H groups in total. The molecule has 2 aliphatic heterocycles. The summed E-state index contributed by atoms with van der Waals surface area (Å²) in [7, 11) is 2.09. The molecule has 5 nitrogen and oxygen atoms in total. The van der Waals surface area contributed by atoms with Crippen molar-refractivity contribution in [3.8, 4) is 0 Å². The predicted molar refractivity (Wildman–Crippen MR) is 117 cm³/mol. The highest BCUT2D eigenvalue weighted by atomic mass is 16.3. The van der Waals surface area contributed by atoms with E-state index in [1.54, 1.807) is 0 Å². The number of hydrogen-bond acceptors (Lipinski definition) is 4. The lowest BCUT2D eigenvalue weighted by Gasteiger charge is -2.40. The fourth-order valence-electron chi connectivity index (χ4n) is 5.36. The third-order valence-electron chi connectivity index (χ3n) is 7.21. The number of aliphatic hydroxyl groups is 1. The number of amides is 1. The summed E-state index contributed by atoms with van der Waals surface area (Å²) < 4.78 is 0. The average Bonchev–Trinajstić information content (AvgIpc) is 2.84. The van der Waals surface area contributed by atoms with Gasteiger partial charge in [-0.15, -0.1) is 0 Å². The smallest absolute Gasteiger partial charge is 0.253 e. The summed E-state index contributed by atoms with van der Waals surface area (Å²) >= 11 is 0. The second kappa shape index (κ2) is 9.48. The third-order valence-corrected chi connectivity index (χ3v) is 7.21. The topological polar surface area (TPSA) is 47.0 Å². The number of aliphatic hydroxyl groups excluding tert-OH is 1. The van der Waals surface area contributed by atoms with Crippen LogP contribution in [0.1, 0.15) is 79.8 Å². The van der Waals surface area contributed by atoms with Gasteiger partial charge in [0.25, 0.3) is 5.91 Å². The summed E-state index contributed by atoms with van der Waals surface area (Å²) in [5.41, 5.74) is 2.71. The van der Waals surface area contributed by atoms with Crippen LogP contribution in [0, 0.1) is 0 Å². The number of carbonyl (C=O) groups is 1.